The maximum absolute atomic E-state index is 2.58. The molecule has 3 aliphatic rings. The van der Waals surface area contributed by atoms with Gasteiger partial charge >= 0.3 is 0 Å². The Morgan fingerprint density at radius 1 is 0.857 bits per heavy atom. The third-order valence-electron chi connectivity index (χ3n) is 8.51. The molecule has 0 spiro atoms. The maximum Gasteiger partial charge on any atom is -0.0149 e. The Hall–Kier alpha value is -1.56. The summed E-state index contributed by atoms with van der Waals surface area (Å²) < 4.78 is 0. The van der Waals surface area contributed by atoms with E-state index < -0.39 is 0 Å². The summed E-state index contributed by atoms with van der Waals surface area (Å²) in [5.74, 6) is 5.00. The maximum atomic E-state index is 2.58. The van der Waals surface area contributed by atoms with E-state index in [1.807, 2.05) is 0 Å². The van der Waals surface area contributed by atoms with Crippen LogP contribution in [0.4, 0.5) is 0 Å². The SMILES string of the molecule is CC(CCC1Cc2cccc(-c3ccccc3)c2C1)C1CCC2CCCCC21. The summed E-state index contributed by atoms with van der Waals surface area (Å²) in [5, 5.41) is 0. The summed E-state index contributed by atoms with van der Waals surface area (Å²) in [6.45, 7) is 2.58. The lowest BCUT2D eigenvalue weighted by atomic mass is 9.73. The second-order valence-electron chi connectivity index (χ2n) is 10.1. The predicted octanol–water partition coefficient (Wildman–Crippen LogP) is 7.70. The monoisotopic (exact) mass is 372 g/mol. The second kappa shape index (κ2) is 8.05. The first kappa shape index (κ1) is 18.5. The van der Waals surface area contributed by atoms with Crippen LogP contribution in [0, 0.1) is 29.6 Å². The van der Waals surface area contributed by atoms with Gasteiger partial charge in [0.1, 0.15) is 0 Å². The number of hydrogen-bond acceptors (Lipinski definition) is 0. The van der Waals surface area contributed by atoms with Crippen LogP contribution in [0.25, 0.3) is 11.1 Å². The molecule has 2 aromatic rings. The van der Waals surface area contributed by atoms with Crippen molar-refractivity contribution in [3.05, 3.63) is 59.7 Å². The van der Waals surface area contributed by atoms with Crippen molar-refractivity contribution in [3.63, 3.8) is 0 Å². The molecule has 0 heteroatoms. The van der Waals surface area contributed by atoms with Gasteiger partial charge in [-0.1, -0.05) is 81.1 Å². The van der Waals surface area contributed by atoms with Crippen molar-refractivity contribution in [3.8, 4) is 11.1 Å². The Kier molecular flexibility index (Phi) is 5.31. The number of fused-ring (bicyclic) bond motifs is 2. The van der Waals surface area contributed by atoms with Crippen molar-refractivity contribution in [2.45, 2.75) is 71.1 Å². The predicted molar refractivity (Wildman–Crippen MR) is 119 cm³/mol. The first-order valence-corrected chi connectivity index (χ1v) is 12.0. The van der Waals surface area contributed by atoms with Crippen molar-refractivity contribution in [1.29, 1.82) is 0 Å². The Bertz CT molecular complexity index is 789. The molecule has 0 saturated heterocycles. The normalized spacial score (nSPS) is 30.0. The molecule has 2 fully saturated rings. The molecule has 2 aromatic carbocycles. The van der Waals surface area contributed by atoms with Crippen molar-refractivity contribution < 1.29 is 0 Å². The van der Waals surface area contributed by atoms with E-state index in [0.29, 0.717) is 0 Å². The average Bonchev–Trinajstić information content (AvgIpc) is 3.36. The quantitative estimate of drug-likeness (QED) is 0.504. The highest BCUT2D eigenvalue weighted by Gasteiger charge is 2.39. The minimum atomic E-state index is 0.867. The van der Waals surface area contributed by atoms with Crippen LogP contribution in [0.3, 0.4) is 0 Å². The standard InChI is InChI=1S/C28H36/c1-20(25-17-16-23-10-5-6-12-26(23)25)14-15-21-18-24-11-7-13-27(28(24)19-21)22-8-3-2-4-9-22/h2-4,7-9,11,13,20-21,23,25-26H,5-6,10,12,14-19H2,1H3. The van der Waals surface area contributed by atoms with Gasteiger partial charge < -0.3 is 0 Å². The minimum absolute atomic E-state index is 0.867. The van der Waals surface area contributed by atoms with Gasteiger partial charge in [0.2, 0.25) is 0 Å². The first-order valence-electron chi connectivity index (χ1n) is 12.0. The molecule has 0 N–H and O–H groups in total. The smallest absolute Gasteiger partial charge is 0.0149 e. The fraction of sp³-hybridized carbons (Fsp3) is 0.571. The van der Waals surface area contributed by atoms with Crippen LogP contribution in [0.15, 0.2) is 48.5 Å². The highest BCUT2D eigenvalue weighted by atomic mass is 14.4. The Morgan fingerprint density at radius 2 is 1.71 bits per heavy atom. The molecule has 5 atom stereocenters. The highest BCUT2D eigenvalue weighted by Crippen LogP contribution is 2.49. The number of hydrogen-bond donors (Lipinski definition) is 0. The van der Waals surface area contributed by atoms with Crippen LogP contribution in [-0.2, 0) is 12.8 Å². The van der Waals surface area contributed by atoms with E-state index in [9.17, 15) is 0 Å². The van der Waals surface area contributed by atoms with Gasteiger partial charge in [-0.05, 0) is 90.4 Å². The molecule has 28 heavy (non-hydrogen) atoms. The van der Waals surface area contributed by atoms with Crippen LogP contribution < -0.4 is 0 Å². The third kappa shape index (κ3) is 3.56. The molecule has 5 rings (SSSR count). The Balaban J connectivity index is 1.22. The van der Waals surface area contributed by atoms with Crippen LogP contribution in [0.2, 0.25) is 0 Å². The topological polar surface area (TPSA) is 0 Å². The zero-order chi connectivity index (χ0) is 18.9. The molecule has 0 nitrogen and oxygen atoms in total. The zero-order valence-corrected chi connectivity index (χ0v) is 17.6. The molecule has 2 saturated carbocycles. The molecule has 0 heterocycles. The summed E-state index contributed by atoms with van der Waals surface area (Å²) in [7, 11) is 0. The van der Waals surface area contributed by atoms with Crippen molar-refractivity contribution >= 4 is 0 Å². The number of rotatable bonds is 5. The van der Waals surface area contributed by atoms with E-state index >= 15 is 0 Å². The lowest BCUT2D eigenvalue weighted by molar-refractivity contribution is 0.175. The molecular formula is C28H36. The van der Waals surface area contributed by atoms with Crippen molar-refractivity contribution in [2.75, 3.05) is 0 Å². The summed E-state index contributed by atoms with van der Waals surface area (Å²) >= 11 is 0. The fourth-order valence-corrected chi connectivity index (χ4v) is 7.03. The van der Waals surface area contributed by atoms with Crippen LogP contribution in [-0.4, -0.2) is 0 Å². The summed E-state index contributed by atoms with van der Waals surface area (Å²) in [6, 6.07) is 18.0. The molecule has 0 aliphatic heterocycles. The van der Waals surface area contributed by atoms with Crippen molar-refractivity contribution in [1.82, 2.24) is 0 Å². The van der Waals surface area contributed by atoms with E-state index in [4.69, 9.17) is 0 Å². The van der Waals surface area contributed by atoms with Crippen molar-refractivity contribution in [2.24, 2.45) is 29.6 Å². The minimum Gasteiger partial charge on any atom is -0.0622 e. The first-order chi connectivity index (χ1) is 13.8. The van der Waals surface area contributed by atoms with Crippen LogP contribution in [0.5, 0.6) is 0 Å². The fourth-order valence-electron chi connectivity index (χ4n) is 7.03. The molecule has 5 unspecified atom stereocenters. The van der Waals surface area contributed by atoms with E-state index in [1.54, 1.807) is 11.1 Å². The van der Waals surface area contributed by atoms with Crippen LogP contribution >= 0.6 is 0 Å². The van der Waals surface area contributed by atoms with Gasteiger partial charge in [-0.25, -0.2) is 0 Å². The lowest BCUT2D eigenvalue weighted by Crippen LogP contribution is -2.24. The summed E-state index contributed by atoms with van der Waals surface area (Å²) in [6.07, 6.45) is 14.6. The van der Waals surface area contributed by atoms with Gasteiger partial charge in [-0.15, -0.1) is 0 Å². The van der Waals surface area contributed by atoms with Gasteiger partial charge in [0, 0.05) is 0 Å². The molecule has 0 aromatic heterocycles. The Morgan fingerprint density at radius 3 is 2.61 bits per heavy atom. The zero-order valence-electron chi connectivity index (χ0n) is 17.6. The van der Waals surface area contributed by atoms with E-state index in [2.05, 4.69) is 55.5 Å². The van der Waals surface area contributed by atoms with Gasteiger partial charge in [0.05, 0.1) is 0 Å². The van der Waals surface area contributed by atoms with E-state index in [0.717, 1.165) is 29.6 Å². The van der Waals surface area contributed by atoms with Gasteiger partial charge in [0.25, 0.3) is 0 Å². The second-order valence-corrected chi connectivity index (χ2v) is 10.1. The van der Waals surface area contributed by atoms with E-state index in [1.165, 1.54) is 75.3 Å². The average molecular weight is 373 g/mol. The summed E-state index contributed by atoms with van der Waals surface area (Å²) in [4.78, 5) is 0. The highest BCUT2D eigenvalue weighted by molar-refractivity contribution is 5.69. The number of benzene rings is 2. The molecule has 0 bridgehead atoms. The molecule has 148 valence electrons. The molecule has 0 amide bonds. The summed E-state index contributed by atoms with van der Waals surface area (Å²) in [5.41, 5.74) is 6.13. The molecule has 3 aliphatic carbocycles. The van der Waals surface area contributed by atoms with Gasteiger partial charge in [-0.2, -0.15) is 0 Å². The molecule has 0 radical (unpaired) electrons. The van der Waals surface area contributed by atoms with Gasteiger partial charge in [-0.3, -0.25) is 0 Å². The third-order valence-corrected chi connectivity index (χ3v) is 8.51. The van der Waals surface area contributed by atoms with E-state index in [-0.39, 0.29) is 0 Å². The molecular weight excluding hydrogens is 336 g/mol. The Labute approximate surface area is 171 Å². The van der Waals surface area contributed by atoms with Crippen LogP contribution in [0.1, 0.15) is 69.4 Å². The lowest BCUT2D eigenvalue weighted by Gasteiger charge is -2.32. The van der Waals surface area contributed by atoms with Gasteiger partial charge in [0.15, 0.2) is 0 Å². The largest absolute Gasteiger partial charge is 0.0622 e.